The van der Waals surface area contributed by atoms with Crippen molar-refractivity contribution in [3.63, 3.8) is 0 Å². The molecule has 0 aliphatic heterocycles. The number of nitrogens with zero attached hydrogens (tertiary/aromatic N) is 2. The molecule has 3 N–H and O–H groups in total. The normalized spacial score (nSPS) is 11.8. The van der Waals surface area contributed by atoms with Crippen LogP contribution in [-0.2, 0) is 4.74 Å². The molecular formula is C20H19FN4O3. The maximum atomic E-state index is 13.8. The highest BCUT2D eigenvalue weighted by Gasteiger charge is 2.18. The number of carbonyl (C=O) groups excluding carboxylic acids is 1. The molecular weight excluding hydrogens is 363 g/mol. The van der Waals surface area contributed by atoms with E-state index in [1.165, 1.54) is 31.4 Å². The van der Waals surface area contributed by atoms with E-state index < -0.39 is 18.0 Å². The number of aromatic nitrogens is 2. The van der Waals surface area contributed by atoms with Gasteiger partial charge in [-0.3, -0.25) is 0 Å². The summed E-state index contributed by atoms with van der Waals surface area (Å²) in [5.41, 5.74) is 1.19. The summed E-state index contributed by atoms with van der Waals surface area (Å²) in [7, 11) is 1.26. The number of fused-ring (bicyclic) bond motifs is 1. The Morgan fingerprint density at radius 1 is 1.29 bits per heavy atom. The fourth-order valence-electron chi connectivity index (χ4n) is 2.83. The number of hydrogen-bond donors (Lipinski definition) is 3. The topological polar surface area (TPSA) is 108 Å². The molecule has 1 amide bonds. The summed E-state index contributed by atoms with van der Waals surface area (Å²) in [6.07, 6.45) is -0.452. The summed E-state index contributed by atoms with van der Waals surface area (Å²) in [5.74, 6) is -0.242. The molecule has 0 unspecified atom stereocenters. The van der Waals surface area contributed by atoms with Gasteiger partial charge in [-0.1, -0.05) is 12.1 Å². The fourth-order valence-corrected chi connectivity index (χ4v) is 2.83. The number of aromatic hydroxyl groups is 1. The molecule has 1 aromatic heterocycles. The molecule has 0 saturated heterocycles. The standard InChI is InChI=1S/C20H19FN4O3/c1-11(23-20(27)28-2)9-15(22)18-14-10-12(21)7-8-16(14)24-19(25-18)13-5-3-4-6-17(13)26/h3-8,10-11,22,26H,9H2,1-2H3,(H,23,27)/t11-/m0/s1. The number of halogens is 1. The molecule has 0 aliphatic rings. The summed E-state index contributed by atoms with van der Waals surface area (Å²) in [6.45, 7) is 1.72. The molecule has 1 atom stereocenters. The predicted molar refractivity (Wildman–Crippen MR) is 103 cm³/mol. The Hall–Kier alpha value is -3.55. The number of benzene rings is 2. The quantitative estimate of drug-likeness (QED) is 0.584. The Morgan fingerprint density at radius 2 is 2.04 bits per heavy atom. The lowest BCUT2D eigenvalue weighted by Gasteiger charge is -2.15. The number of ether oxygens (including phenoxy) is 1. The molecule has 28 heavy (non-hydrogen) atoms. The van der Waals surface area contributed by atoms with Crippen LogP contribution in [0.1, 0.15) is 19.0 Å². The molecule has 0 bridgehead atoms. The maximum Gasteiger partial charge on any atom is 0.407 e. The Kier molecular flexibility index (Phi) is 5.49. The van der Waals surface area contributed by atoms with Crippen LogP contribution in [0.15, 0.2) is 42.5 Å². The van der Waals surface area contributed by atoms with Crippen LogP contribution in [0.25, 0.3) is 22.3 Å². The summed E-state index contributed by atoms with van der Waals surface area (Å²) in [5, 5.41) is 21.6. The van der Waals surface area contributed by atoms with Crippen molar-refractivity contribution in [3.05, 3.63) is 54.0 Å². The van der Waals surface area contributed by atoms with Gasteiger partial charge in [0, 0.05) is 17.8 Å². The molecule has 144 valence electrons. The van der Waals surface area contributed by atoms with Crippen molar-refractivity contribution in [2.24, 2.45) is 0 Å². The van der Waals surface area contributed by atoms with Gasteiger partial charge < -0.3 is 20.6 Å². The number of para-hydroxylation sites is 1. The molecule has 0 aliphatic carbocycles. The zero-order valence-electron chi connectivity index (χ0n) is 15.4. The van der Waals surface area contributed by atoms with E-state index in [2.05, 4.69) is 20.0 Å². The Bertz CT molecular complexity index is 1050. The van der Waals surface area contributed by atoms with E-state index in [0.717, 1.165) is 0 Å². The fraction of sp³-hybridized carbons (Fsp3) is 0.200. The number of carbonyl (C=O) groups is 1. The minimum atomic E-state index is -0.603. The zero-order chi connectivity index (χ0) is 20.3. The Morgan fingerprint density at radius 3 is 2.75 bits per heavy atom. The lowest BCUT2D eigenvalue weighted by molar-refractivity contribution is 0.167. The third kappa shape index (κ3) is 4.06. The maximum absolute atomic E-state index is 13.8. The van der Waals surface area contributed by atoms with Crippen LogP contribution < -0.4 is 5.32 Å². The Balaban J connectivity index is 2.06. The van der Waals surface area contributed by atoms with Crippen LogP contribution in [0.2, 0.25) is 0 Å². The van der Waals surface area contributed by atoms with Crippen molar-refractivity contribution in [2.45, 2.75) is 19.4 Å². The monoisotopic (exact) mass is 382 g/mol. The predicted octanol–water partition coefficient (Wildman–Crippen LogP) is 3.64. The highest BCUT2D eigenvalue weighted by Crippen LogP contribution is 2.29. The van der Waals surface area contributed by atoms with E-state index in [1.54, 1.807) is 25.1 Å². The second-order valence-electron chi connectivity index (χ2n) is 6.29. The second kappa shape index (κ2) is 7.99. The van der Waals surface area contributed by atoms with E-state index in [9.17, 15) is 14.3 Å². The summed E-state index contributed by atoms with van der Waals surface area (Å²) >= 11 is 0. The molecule has 3 rings (SSSR count). The molecule has 0 saturated carbocycles. The van der Waals surface area contributed by atoms with Gasteiger partial charge >= 0.3 is 6.09 Å². The summed E-state index contributed by atoms with van der Waals surface area (Å²) < 4.78 is 18.4. The van der Waals surface area contributed by atoms with Crippen LogP contribution >= 0.6 is 0 Å². The number of hydrogen-bond acceptors (Lipinski definition) is 6. The number of phenols is 1. The first kappa shape index (κ1) is 19.2. The first-order valence-electron chi connectivity index (χ1n) is 8.57. The van der Waals surface area contributed by atoms with E-state index in [1.807, 2.05) is 0 Å². The number of nitrogens with one attached hydrogen (secondary N) is 2. The zero-order valence-corrected chi connectivity index (χ0v) is 15.4. The van der Waals surface area contributed by atoms with Gasteiger partial charge in [0.1, 0.15) is 11.6 Å². The molecule has 7 nitrogen and oxygen atoms in total. The first-order valence-corrected chi connectivity index (χ1v) is 8.57. The van der Waals surface area contributed by atoms with Gasteiger partial charge in [-0.05, 0) is 37.3 Å². The Labute approximate surface area is 160 Å². The lowest BCUT2D eigenvalue weighted by atomic mass is 10.0. The largest absolute Gasteiger partial charge is 0.507 e. The second-order valence-corrected chi connectivity index (χ2v) is 6.29. The third-order valence-electron chi connectivity index (χ3n) is 4.15. The van der Waals surface area contributed by atoms with Gasteiger partial charge in [0.15, 0.2) is 5.82 Å². The number of alkyl carbamates (subject to hydrolysis) is 1. The van der Waals surface area contributed by atoms with Gasteiger partial charge in [-0.15, -0.1) is 0 Å². The number of rotatable bonds is 5. The highest BCUT2D eigenvalue weighted by atomic mass is 19.1. The molecule has 0 spiro atoms. The van der Waals surface area contributed by atoms with Crippen molar-refractivity contribution in [1.29, 1.82) is 5.41 Å². The van der Waals surface area contributed by atoms with Gasteiger partial charge in [0.05, 0.1) is 29.6 Å². The van der Waals surface area contributed by atoms with Crippen LogP contribution in [0, 0.1) is 11.2 Å². The highest BCUT2D eigenvalue weighted by molar-refractivity contribution is 6.07. The van der Waals surface area contributed by atoms with Crippen LogP contribution in [0.3, 0.4) is 0 Å². The lowest BCUT2D eigenvalue weighted by Crippen LogP contribution is -2.34. The van der Waals surface area contributed by atoms with Crippen molar-refractivity contribution in [2.75, 3.05) is 7.11 Å². The smallest absolute Gasteiger partial charge is 0.407 e. The van der Waals surface area contributed by atoms with E-state index >= 15 is 0 Å². The SMILES string of the molecule is COC(=O)N[C@@H](C)CC(=N)c1nc(-c2ccccc2O)nc2ccc(F)cc12. The first-order chi connectivity index (χ1) is 13.4. The van der Waals surface area contributed by atoms with Crippen LogP contribution in [0.5, 0.6) is 5.75 Å². The molecule has 0 radical (unpaired) electrons. The average molecular weight is 382 g/mol. The van der Waals surface area contributed by atoms with Gasteiger partial charge in [0.25, 0.3) is 0 Å². The van der Waals surface area contributed by atoms with Gasteiger partial charge in [-0.2, -0.15) is 0 Å². The van der Waals surface area contributed by atoms with Crippen molar-refractivity contribution in [3.8, 4) is 17.1 Å². The molecule has 2 aromatic carbocycles. The molecule has 1 heterocycles. The minimum absolute atomic E-state index is 0.00201. The number of methoxy groups -OCH3 is 1. The summed E-state index contributed by atoms with van der Waals surface area (Å²) in [6, 6.07) is 10.2. The van der Waals surface area contributed by atoms with E-state index in [4.69, 9.17) is 5.41 Å². The molecule has 8 heteroatoms. The number of amides is 1. The van der Waals surface area contributed by atoms with E-state index in [-0.39, 0.29) is 29.4 Å². The van der Waals surface area contributed by atoms with Crippen molar-refractivity contribution < 1.29 is 19.0 Å². The minimum Gasteiger partial charge on any atom is -0.507 e. The average Bonchev–Trinajstić information content (AvgIpc) is 2.67. The van der Waals surface area contributed by atoms with Gasteiger partial charge in [-0.25, -0.2) is 19.2 Å². The molecule has 3 aromatic rings. The van der Waals surface area contributed by atoms with Crippen LogP contribution in [0.4, 0.5) is 9.18 Å². The summed E-state index contributed by atoms with van der Waals surface area (Å²) in [4.78, 5) is 20.2. The van der Waals surface area contributed by atoms with Crippen molar-refractivity contribution in [1.82, 2.24) is 15.3 Å². The number of phenolic OH excluding ortho intramolecular Hbond substituents is 1. The van der Waals surface area contributed by atoms with Crippen molar-refractivity contribution >= 4 is 22.7 Å². The van der Waals surface area contributed by atoms with Gasteiger partial charge in [0.2, 0.25) is 0 Å². The third-order valence-corrected chi connectivity index (χ3v) is 4.15. The molecule has 0 fully saturated rings. The van der Waals surface area contributed by atoms with Crippen LogP contribution in [-0.4, -0.2) is 40.0 Å². The van der Waals surface area contributed by atoms with E-state index in [0.29, 0.717) is 16.5 Å².